The average molecular weight is 1860 g/mol. The van der Waals surface area contributed by atoms with Gasteiger partial charge in [-0.2, -0.15) is 0 Å². The Kier molecular flexibility index (Phi) is 18.5. The van der Waals surface area contributed by atoms with Gasteiger partial charge in [0.1, 0.15) is 0 Å². The number of nitrogens with zero attached hydrogens (tertiary/aromatic N) is 6. The van der Waals surface area contributed by atoms with Crippen molar-refractivity contribution in [1.29, 1.82) is 0 Å². The number of benzene rings is 23. The molecule has 0 saturated heterocycles. The number of fused-ring (bicyclic) bond motifs is 30. The maximum atomic E-state index is 2.53. The summed E-state index contributed by atoms with van der Waals surface area (Å²) >= 11 is 0. The molecule has 680 valence electrons. The zero-order chi connectivity index (χ0) is 95.8. The van der Waals surface area contributed by atoms with Crippen LogP contribution in [0.15, 0.2) is 546 Å². The van der Waals surface area contributed by atoms with Crippen LogP contribution < -0.4 is 9.80 Å². The highest BCUT2D eigenvalue weighted by atomic mass is 15.2. The number of hydrogen-bond acceptors (Lipinski definition) is 2. The molecule has 6 heteroatoms. The number of rotatable bonds is 13. The third-order valence-electron chi connectivity index (χ3n) is 31.8. The third-order valence-corrected chi connectivity index (χ3v) is 31.8. The molecule has 0 saturated carbocycles. The maximum Gasteiger partial charge on any atom is 0.0755 e. The van der Waals surface area contributed by atoms with Gasteiger partial charge in [0.15, 0.2) is 0 Å². The van der Waals surface area contributed by atoms with Gasteiger partial charge in [0.05, 0.1) is 89.1 Å². The van der Waals surface area contributed by atoms with E-state index in [-0.39, 0.29) is 0 Å². The molecule has 4 aliphatic rings. The van der Waals surface area contributed by atoms with Crippen LogP contribution in [0.25, 0.3) is 188 Å². The molecule has 0 amide bonds. The monoisotopic (exact) mass is 1850 g/mol. The van der Waals surface area contributed by atoms with E-state index in [0.717, 1.165) is 73.3 Å². The largest absolute Gasteiger partial charge is 0.309 e. The third kappa shape index (κ3) is 12.0. The lowest BCUT2D eigenvalue weighted by molar-refractivity contribution is 0.748. The first kappa shape index (κ1) is 82.7. The van der Waals surface area contributed by atoms with Crippen molar-refractivity contribution in [2.45, 2.75) is 10.8 Å². The van der Waals surface area contributed by atoms with Crippen LogP contribution >= 0.6 is 0 Å². The molecule has 0 bridgehead atoms. The summed E-state index contributed by atoms with van der Waals surface area (Å²) in [7, 11) is 0. The van der Waals surface area contributed by atoms with Crippen LogP contribution in [0.2, 0.25) is 0 Å². The van der Waals surface area contributed by atoms with Crippen molar-refractivity contribution < 1.29 is 0 Å². The molecule has 2 aliphatic heterocycles. The van der Waals surface area contributed by atoms with E-state index < -0.39 is 10.8 Å². The van der Waals surface area contributed by atoms with Gasteiger partial charge in [-0.25, -0.2) is 0 Å². The van der Waals surface area contributed by atoms with Crippen molar-refractivity contribution >= 4 is 121 Å². The maximum absolute atomic E-state index is 2.53. The van der Waals surface area contributed by atoms with Gasteiger partial charge in [-0.3, -0.25) is 0 Å². The van der Waals surface area contributed by atoms with Crippen molar-refractivity contribution in [3.8, 4) is 101 Å². The average Bonchev–Trinajstić information content (AvgIpc) is 1.50. The lowest BCUT2D eigenvalue weighted by Crippen LogP contribution is -2.33. The molecule has 31 rings (SSSR count). The minimum Gasteiger partial charge on any atom is -0.309 e. The molecule has 6 nitrogen and oxygen atoms in total. The van der Waals surface area contributed by atoms with Crippen molar-refractivity contribution in [3.63, 3.8) is 0 Å². The number of hydrogen-bond donors (Lipinski definition) is 0. The number of para-hydroxylation sites is 12. The summed E-state index contributed by atoms with van der Waals surface area (Å²) in [5, 5.41) is 10.1. The SMILES string of the molecule is c1ccc(-c2cccc(-c3ccccc3N(c3ccc(-c4ccc(-n5c6ccccc6c6ccccc65)cc4)cc3)c3cccc4c3-c3ccccc3C43c4ccccc4-n4c5ccccc5c5cccc3c54)c2)cc1.c1ccc(-c2cccc(-c3ccccc3N(c3ccc(-n4c5ccccc5c5ccccc54)cc3)c3cccc4c3-c3ccccc3C43c4ccccc4-n4c5ccccc5c5cccc3c54)c2)cc1. The van der Waals surface area contributed by atoms with E-state index in [1.165, 1.54) is 193 Å². The van der Waals surface area contributed by atoms with E-state index >= 15 is 0 Å². The molecular formula is C140H90N6. The molecule has 0 radical (unpaired) electrons. The molecule has 146 heavy (non-hydrogen) atoms. The molecule has 23 aromatic carbocycles. The van der Waals surface area contributed by atoms with Crippen molar-refractivity contribution in [2.75, 3.05) is 9.80 Å². The van der Waals surface area contributed by atoms with Crippen LogP contribution in [0.3, 0.4) is 0 Å². The second-order valence-corrected chi connectivity index (χ2v) is 39.1. The van der Waals surface area contributed by atoms with Gasteiger partial charge in [-0.1, -0.05) is 413 Å². The van der Waals surface area contributed by atoms with E-state index in [9.17, 15) is 0 Å². The summed E-state index contributed by atoms with van der Waals surface area (Å²) in [6.45, 7) is 0. The van der Waals surface area contributed by atoms with E-state index in [2.05, 4.69) is 574 Å². The fraction of sp³-hybridized carbons (Fsp3) is 0.0143. The minimum absolute atomic E-state index is 0.585. The van der Waals surface area contributed by atoms with E-state index in [4.69, 9.17) is 0 Å². The minimum atomic E-state index is -0.590. The van der Waals surface area contributed by atoms with Crippen LogP contribution in [-0.2, 0) is 10.8 Å². The Morgan fingerprint density at radius 2 is 0.404 bits per heavy atom. The Morgan fingerprint density at radius 1 is 0.151 bits per heavy atom. The van der Waals surface area contributed by atoms with Gasteiger partial charge in [0.25, 0.3) is 0 Å². The molecule has 2 aliphatic carbocycles. The highest BCUT2D eigenvalue weighted by Crippen LogP contribution is 2.67. The Hall–Kier alpha value is -19.1. The van der Waals surface area contributed by atoms with E-state index in [0.29, 0.717) is 0 Å². The van der Waals surface area contributed by atoms with E-state index in [1.54, 1.807) is 0 Å². The second-order valence-electron chi connectivity index (χ2n) is 39.1. The first-order valence-electron chi connectivity index (χ1n) is 50.6. The molecule has 2 atom stereocenters. The van der Waals surface area contributed by atoms with Crippen molar-refractivity contribution in [3.05, 3.63) is 590 Å². The van der Waals surface area contributed by atoms with Crippen LogP contribution in [-0.4, -0.2) is 18.3 Å². The predicted octanol–water partition coefficient (Wildman–Crippen LogP) is 36.4. The first-order valence-corrected chi connectivity index (χ1v) is 50.6. The molecule has 27 aromatic rings. The lowest BCUT2D eigenvalue weighted by Gasteiger charge is -2.39. The van der Waals surface area contributed by atoms with E-state index in [1.807, 2.05) is 0 Å². The lowest BCUT2D eigenvalue weighted by atomic mass is 9.65. The van der Waals surface area contributed by atoms with Crippen molar-refractivity contribution in [2.24, 2.45) is 0 Å². The van der Waals surface area contributed by atoms with Gasteiger partial charge in [0.2, 0.25) is 0 Å². The first-order chi connectivity index (χ1) is 72.5. The van der Waals surface area contributed by atoms with Crippen LogP contribution in [0, 0.1) is 0 Å². The van der Waals surface area contributed by atoms with Crippen LogP contribution in [0.1, 0.15) is 44.5 Å². The standard InChI is InChI=1S/C73H47N3.C67H43N3/c1-2-19-48(20-3-1)51-21-16-22-52(47-51)55-23-5-11-33-65(55)75(54-45-41-50(42-46-54)49-39-43-53(44-40-49)74-66-34-12-6-24-56(66)57-25-7-13-35-67(57)74)70-38-18-31-63-71(70)60-27-4-9-29-61(60)73(63)62-30-10-15-37-69(62)76-68-36-14-8-26-58(68)59-28-17-32-64(73)72(59)76;1-2-19-44(20-3-1)45-21-16-22-46(43-45)49-23-5-11-33-59(49)69(48-41-39-47(40-42-48)68-60-34-12-6-24-50(60)51-25-7-13-35-61(51)68)64-38-18-31-57-65(64)54-27-4-9-29-55(54)67(57)56-30-10-15-37-63(56)70-62-36-14-8-26-52(62)53-28-17-32-58(67)66(53)70/h1-47H;1-43H. The zero-order valence-corrected chi connectivity index (χ0v) is 79.6. The molecule has 2 spiro atoms. The number of anilines is 6. The summed E-state index contributed by atoms with van der Waals surface area (Å²) in [4.78, 5) is 5.06. The molecule has 0 N–H and O–H groups in total. The predicted molar refractivity (Wildman–Crippen MR) is 609 cm³/mol. The summed E-state index contributed by atoms with van der Waals surface area (Å²) in [6.07, 6.45) is 0. The zero-order valence-electron chi connectivity index (χ0n) is 79.6. The van der Waals surface area contributed by atoms with Crippen LogP contribution in [0.4, 0.5) is 34.1 Å². The van der Waals surface area contributed by atoms with Gasteiger partial charge >= 0.3 is 0 Å². The molecule has 4 aromatic heterocycles. The summed E-state index contributed by atoms with van der Waals surface area (Å²) in [6, 6.07) is 202. The quantitative estimate of drug-likeness (QED) is 0.115. The Labute approximate surface area is 845 Å². The normalized spacial score (nSPS) is 14.2. The summed E-state index contributed by atoms with van der Waals surface area (Å²) in [5.41, 5.74) is 47.1. The highest BCUT2D eigenvalue weighted by Gasteiger charge is 2.54. The summed E-state index contributed by atoms with van der Waals surface area (Å²) in [5.74, 6) is 0. The molecule has 6 heterocycles. The van der Waals surface area contributed by atoms with Gasteiger partial charge in [-0.05, 0) is 234 Å². The van der Waals surface area contributed by atoms with Crippen molar-refractivity contribution in [1.82, 2.24) is 18.3 Å². The topological polar surface area (TPSA) is 26.2 Å². The molecule has 0 fully saturated rings. The molecular weight excluding hydrogens is 1770 g/mol. The Bertz CT molecular complexity index is 9920. The highest BCUT2D eigenvalue weighted by molar-refractivity contribution is 6.17. The fourth-order valence-corrected chi connectivity index (χ4v) is 25.9. The van der Waals surface area contributed by atoms with Gasteiger partial charge in [-0.15, -0.1) is 0 Å². The van der Waals surface area contributed by atoms with Crippen LogP contribution in [0.5, 0.6) is 0 Å². The second kappa shape index (κ2) is 32.7. The molecule has 2 unspecified atom stereocenters. The fourth-order valence-electron chi connectivity index (χ4n) is 25.9. The van der Waals surface area contributed by atoms with Gasteiger partial charge < -0.3 is 28.1 Å². The Balaban J connectivity index is 0.000000136. The Morgan fingerprint density at radius 3 is 0.808 bits per heavy atom. The smallest absolute Gasteiger partial charge is 0.0755 e. The summed E-state index contributed by atoms with van der Waals surface area (Å²) < 4.78 is 9.84. The van der Waals surface area contributed by atoms with Gasteiger partial charge in [0, 0.05) is 88.1 Å². The number of aromatic nitrogens is 4.